The minimum atomic E-state index is -0.816. The molecule has 1 unspecified atom stereocenters. The van der Waals surface area contributed by atoms with Gasteiger partial charge in [-0.05, 0) is 39.3 Å². The van der Waals surface area contributed by atoms with Crippen molar-refractivity contribution in [3.63, 3.8) is 0 Å². The van der Waals surface area contributed by atoms with Gasteiger partial charge in [-0.15, -0.1) is 0 Å². The molecule has 1 heterocycles. The smallest absolute Gasteiger partial charge is 0.220 e. The highest BCUT2D eigenvalue weighted by Crippen LogP contribution is 2.11. The molecule has 1 saturated heterocycles. The van der Waals surface area contributed by atoms with E-state index >= 15 is 0 Å². The molecule has 1 rings (SSSR count). The van der Waals surface area contributed by atoms with E-state index in [9.17, 15) is 9.90 Å². The fourth-order valence-corrected chi connectivity index (χ4v) is 1.54. The van der Waals surface area contributed by atoms with Crippen LogP contribution in [-0.2, 0) is 4.79 Å². The third-order valence-electron chi connectivity index (χ3n) is 2.35. The predicted molar refractivity (Wildman–Crippen MR) is 54.9 cm³/mol. The Morgan fingerprint density at radius 2 is 2.36 bits per heavy atom. The largest absolute Gasteiger partial charge is 0.389 e. The van der Waals surface area contributed by atoms with Gasteiger partial charge in [-0.25, -0.2) is 0 Å². The summed E-state index contributed by atoms with van der Waals surface area (Å²) in [5, 5.41) is 15.4. The molecule has 0 radical (unpaired) electrons. The van der Waals surface area contributed by atoms with Crippen LogP contribution in [0.5, 0.6) is 0 Å². The lowest BCUT2D eigenvalue weighted by molar-refractivity contribution is -0.122. The van der Waals surface area contributed by atoms with Gasteiger partial charge in [0.25, 0.3) is 0 Å². The second-order valence-corrected chi connectivity index (χ2v) is 4.65. The van der Waals surface area contributed by atoms with E-state index in [-0.39, 0.29) is 5.91 Å². The van der Waals surface area contributed by atoms with Crippen LogP contribution < -0.4 is 10.6 Å². The molecular weight excluding hydrogens is 180 g/mol. The van der Waals surface area contributed by atoms with Gasteiger partial charge in [-0.3, -0.25) is 4.79 Å². The lowest BCUT2D eigenvalue weighted by atomic mass is 10.0. The van der Waals surface area contributed by atoms with Crippen LogP contribution in [0.4, 0.5) is 0 Å². The van der Waals surface area contributed by atoms with Gasteiger partial charge in [0.1, 0.15) is 0 Å². The summed E-state index contributed by atoms with van der Waals surface area (Å²) in [6.07, 6.45) is 1.65. The Hall–Kier alpha value is -0.610. The molecule has 1 atom stereocenters. The van der Waals surface area contributed by atoms with Gasteiger partial charge in [0.15, 0.2) is 0 Å². The molecule has 0 spiro atoms. The van der Waals surface area contributed by atoms with Crippen molar-refractivity contribution in [1.29, 1.82) is 0 Å². The average molecular weight is 200 g/mol. The van der Waals surface area contributed by atoms with Gasteiger partial charge >= 0.3 is 0 Å². The van der Waals surface area contributed by atoms with Gasteiger partial charge < -0.3 is 15.7 Å². The number of rotatable bonds is 4. The molecule has 1 aliphatic rings. The highest BCUT2D eigenvalue weighted by molar-refractivity contribution is 5.76. The topological polar surface area (TPSA) is 61.4 Å². The fraction of sp³-hybridized carbons (Fsp3) is 0.900. The van der Waals surface area contributed by atoms with Crippen LogP contribution in [0.3, 0.4) is 0 Å². The Balaban J connectivity index is 2.15. The van der Waals surface area contributed by atoms with E-state index < -0.39 is 5.60 Å². The first-order chi connectivity index (χ1) is 6.47. The number of hydrogen-bond acceptors (Lipinski definition) is 3. The lowest BCUT2D eigenvalue weighted by Crippen LogP contribution is -2.38. The molecule has 4 nitrogen and oxygen atoms in total. The van der Waals surface area contributed by atoms with E-state index in [2.05, 4.69) is 10.6 Å². The van der Waals surface area contributed by atoms with Gasteiger partial charge in [0.2, 0.25) is 5.91 Å². The van der Waals surface area contributed by atoms with Crippen LogP contribution >= 0.6 is 0 Å². The number of carbonyl (C=O) groups excluding carboxylic acids is 1. The van der Waals surface area contributed by atoms with E-state index in [0.29, 0.717) is 18.9 Å². The summed E-state index contributed by atoms with van der Waals surface area (Å²) >= 11 is 0. The Kier molecular flexibility index (Phi) is 3.89. The first kappa shape index (κ1) is 11.5. The summed E-state index contributed by atoms with van der Waals surface area (Å²) in [4.78, 5) is 11.4. The van der Waals surface area contributed by atoms with E-state index in [1.165, 1.54) is 0 Å². The normalized spacial score (nSPS) is 22.4. The number of hydrogen-bond donors (Lipinski definition) is 3. The molecule has 0 bridgehead atoms. The van der Waals surface area contributed by atoms with Gasteiger partial charge in [-0.2, -0.15) is 0 Å². The third-order valence-corrected chi connectivity index (χ3v) is 2.35. The average Bonchev–Trinajstić information content (AvgIpc) is 2.52. The zero-order chi connectivity index (χ0) is 10.6. The molecule has 14 heavy (non-hydrogen) atoms. The molecule has 0 saturated carbocycles. The van der Waals surface area contributed by atoms with Crippen molar-refractivity contribution in [2.24, 2.45) is 5.92 Å². The maximum absolute atomic E-state index is 11.4. The highest BCUT2D eigenvalue weighted by Gasteiger charge is 2.19. The van der Waals surface area contributed by atoms with E-state index in [1.54, 1.807) is 13.8 Å². The van der Waals surface area contributed by atoms with Gasteiger partial charge in [0.05, 0.1) is 5.60 Å². The maximum atomic E-state index is 11.4. The van der Waals surface area contributed by atoms with Crippen LogP contribution in [0.15, 0.2) is 0 Å². The molecular formula is C10H20N2O2. The fourth-order valence-electron chi connectivity index (χ4n) is 1.54. The molecule has 3 N–H and O–H groups in total. The summed E-state index contributed by atoms with van der Waals surface area (Å²) in [7, 11) is 0. The summed E-state index contributed by atoms with van der Waals surface area (Å²) < 4.78 is 0. The van der Waals surface area contributed by atoms with Crippen molar-refractivity contribution in [1.82, 2.24) is 10.6 Å². The maximum Gasteiger partial charge on any atom is 0.220 e. The standard InChI is InChI=1S/C10H20N2O2/c1-10(2,14)7-12-9(13)5-8-3-4-11-6-8/h8,11,14H,3-7H2,1-2H3,(H,12,13). The summed E-state index contributed by atoms with van der Waals surface area (Å²) in [5.41, 5.74) is -0.816. The van der Waals surface area contributed by atoms with Crippen LogP contribution in [0.2, 0.25) is 0 Å². The molecule has 1 fully saturated rings. The van der Waals surface area contributed by atoms with E-state index in [1.807, 2.05) is 0 Å². The van der Waals surface area contributed by atoms with Crippen molar-refractivity contribution in [3.05, 3.63) is 0 Å². The minimum Gasteiger partial charge on any atom is -0.389 e. The van der Waals surface area contributed by atoms with Crippen LogP contribution in [-0.4, -0.2) is 36.2 Å². The Labute approximate surface area is 85.1 Å². The van der Waals surface area contributed by atoms with Crippen molar-refractivity contribution in [2.45, 2.75) is 32.3 Å². The molecule has 0 aromatic carbocycles. The quantitative estimate of drug-likeness (QED) is 0.592. The Bertz CT molecular complexity index is 193. The predicted octanol–water partition coefficient (Wildman–Crippen LogP) is -0.127. The minimum absolute atomic E-state index is 0.0424. The molecule has 0 aromatic heterocycles. The number of aliphatic hydroxyl groups is 1. The number of carbonyl (C=O) groups is 1. The monoisotopic (exact) mass is 200 g/mol. The molecule has 1 aliphatic heterocycles. The second kappa shape index (κ2) is 4.75. The van der Waals surface area contributed by atoms with Crippen molar-refractivity contribution in [3.8, 4) is 0 Å². The SMILES string of the molecule is CC(C)(O)CNC(=O)CC1CCNC1. The first-order valence-electron chi connectivity index (χ1n) is 5.17. The first-order valence-corrected chi connectivity index (χ1v) is 5.17. The van der Waals surface area contributed by atoms with Crippen molar-refractivity contribution in [2.75, 3.05) is 19.6 Å². The van der Waals surface area contributed by atoms with E-state index in [0.717, 1.165) is 19.5 Å². The molecule has 82 valence electrons. The van der Waals surface area contributed by atoms with Gasteiger partial charge in [-0.1, -0.05) is 0 Å². The van der Waals surface area contributed by atoms with Gasteiger partial charge in [0, 0.05) is 13.0 Å². The molecule has 4 heteroatoms. The van der Waals surface area contributed by atoms with E-state index in [4.69, 9.17) is 0 Å². The zero-order valence-corrected chi connectivity index (χ0v) is 8.97. The molecule has 0 aromatic rings. The number of nitrogens with one attached hydrogen (secondary N) is 2. The van der Waals surface area contributed by atoms with Crippen molar-refractivity contribution < 1.29 is 9.90 Å². The Morgan fingerprint density at radius 3 is 2.86 bits per heavy atom. The lowest BCUT2D eigenvalue weighted by Gasteiger charge is -2.18. The Morgan fingerprint density at radius 1 is 1.64 bits per heavy atom. The summed E-state index contributed by atoms with van der Waals surface area (Å²) in [6, 6.07) is 0. The highest BCUT2D eigenvalue weighted by atomic mass is 16.3. The molecule has 1 amide bonds. The van der Waals surface area contributed by atoms with Crippen LogP contribution in [0, 0.1) is 5.92 Å². The van der Waals surface area contributed by atoms with Crippen LogP contribution in [0.1, 0.15) is 26.7 Å². The molecule has 0 aliphatic carbocycles. The summed E-state index contributed by atoms with van der Waals surface area (Å²) in [6.45, 7) is 5.65. The van der Waals surface area contributed by atoms with Crippen molar-refractivity contribution >= 4 is 5.91 Å². The number of amides is 1. The third kappa shape index (κ3) is 4.58. The van der Waals surface area contributed by atoms with Crippen LogP contribution in [0.25, 0.3) is 0 Å². The zero-order valence-electron chi connectivity index (χ0n) is 8.97. The summed E-state index contributed by atoms with van der Waals surface area (Å²) in [5.74, 6) is 0.512. The second-order valence-electron chi connectivity index (χ2n) is 4.65.